The van der Waals surface area contributed by atoms with Crippen molar-refractivity contribution in [2.24, 2.45) is 5.92 Å². The number of rotatable bonds is 45. The second-order valence-electron chi connectivity index (χ2n) is 25.7. The van der Waals surface area contributed by atoms with Crippen LogP contribution in [0, 0.1) is 5.92 Å². The molecule has 4 aromatic rings. The van der Waals surface area contributed by atoms with Gasteiger partial charge in [-0.05, 0) is 146 Å². The van der Waals surface area contributed by atoms with Crippen LogP contribution in [-0.2, 0) is 63.8 Å². The van der Waals surface area contributed by atoms with E-state index in [1.807, 2.05) is 97.9 Å². The van der Waals surface area contributed by atoms with Gasteiger partial charge in [-0.3, -0.25) is 0 Å². The van der Waals surface area contributed by atoms with E-state index in [1.165, 1.54) is 51.4 Å². The molecule has 0 spiro atoms. The van der Waals surface area contributed by atoms with E-state index in [0.717, 1.165) is 93.8 Å². The van der Waals surface area contributed by atoms with Crippen molar-refractivity contribution in [3.63, 3.8) is 0 Å². The number of hydrogen-bond donors (Lipinski definition) is 0. The van der Waals surface area contributed by atoms with Gasteiger partial charge >= 0.3 is 5.97 Å². The zero-order valence-electron chi connectivity index (χ0n) is 58.0. The van der Waals surface area contributed by atoms with Crippen LogP contribution in [0.25, 0.3) is 0 Å². The summed E-state index contributed by atoms with van der Waals surface area (Å²) >= 11 is 0. The predicted octanol–water partition coefficient (Wildman–Crippen LogP) is 19.1. The van der Waals surface area contributed by atoms with E-state index in [2.05, 4.69) is 107 Å². The molecule has 89 heavy (non-hydrogen) atoms. The lowest BCUT2D eigenvalue weighted by molar-refractivity contribution is -0.182. The molecule has 0 radical (unpaired) electrons. The van der Waals surface area contributed by atoms with Gasteiger partial charge in [-0.25, -0.2) is 4.79 Å². The maximum absolute atomic E-state index is 15.1. The van der Waals surface area contributed by atoms with Crippen molar-refractivity contribution in [1.29, 1.82) is 0 Å². The molecule has 0 heterocycles. The molecular formula is C75H116O12Si2. The molecule has 0 aliphatic rings. The van der Waals surface area contributed by atoms with Crippen molar-refractivity contribution in [2.45, 2.75) is 240 Å². The van der Waals surface area contributed by atoms with E-state index in [4.69, 9.17) is 51.5 Å². The smallest absolute Gasteiger partial charge is 0.333 e. The molecule has 0 aliphatic carbocycles. The highest BCUT2D eigenvalue weighted by Crippen LogP contribution is 2.38. The molecule has 12 nitrogen and oxygen atoms in total. The molecule has 0 amide bonds. The molecule has 0 aliphatic heterocycles. The quantitative estimate of drug-likeness (QED) is 0.0138. The Morgan fingerprint density at radius 1 is 0.551 bits per heavy atom. The number of benzene rings is 4. The van der Waals surface area contributed by atoms with Crippen LogP contribution in [0.15, 0.2) is 132 Å². The summed E-state index contributed by atoms with van der Waals surface area (Å²) in [5.74, 6) is 2.39. The van der Waals surface area contributed by atoms with E-state index in [-0.39, 0.29) is 56.2 Å². The van der Waals surface area contributed by atoms with Crippen molar-refractivity contribution in [2.75, 3.05) is 41.7 Å². The Hall–Kier alpha value is -5.04. The third-order valence-corrected chi connectivity index (χ3v) is 27.0. The standard InChI is InChI=1S/C75H116O12Si2/c1-18-22-23-24-25-26-27-28-29-30-69(82-52-62-34-43-66(78-13)44-35-62)40-31-57(5)49-58(6)72(87-89(19-2,20-3)21-4)59(7)50-60(8)74(76)86-71(55-81-51-61-32-41-65(77-12)42-33-61)73(84-54-64-38-47-68(80-15)48-39-64)70(56-85-88(16,17)75(9,10)11)83-53-63-36-45-67(79-14)46-37-63/h31-39,41-50,59,69-73H,18-30,40,51-56H2,1-17H3/b57-31+,58-49+,60-50+/t59-,69-,70-,71-,72-,73+/m1/s1. The summed E-state index contributed by atoms with van der Waals surface area (Å²) < 4.78 is 70.4. The maximum atomic E-state index is 15.1. The van der Waals surface area contributed by atoms with Gasteiger partial charge in [-0.1, -0.05) is 186 Å². The minimum Gasteiger partial charge on any atom is -0.497 e. The number of esters is 1. The number of carbonyl (C=O) groups excluding carboxylic acids is 1. The monoisotopic (exact) mass is 1260 g/mol. The Morgan fingerprint density at radius 2 is 0.989 bits per heavy atom. The fraction of sp³-hybridized carbons (Fsp3) is 0.587. The summed E-state index contributed by atoms with van der Waals surface area (Å²) in [5.41, 5.74) is 6.63. The highest BCUT2D eigenvalue weighted by Gasteiger charge is 2.41. The molecule has 4 rings (SSSR count). The fourth-order valence-electron chi connectivity index (χ4n) is 10.6. The first kappa shape index (κ1) is 76.4. The average Bonchev–Trinajstić information content (AvgIpc) is 3.74. The van der Waals surface area contributed by atoms with E-state index in [9.17, 15) is 0 Å². The average molecular weight is 1270 g/mol. The Bertz CT molecular complexity index is 2650. The first-order valence-corrected chi connectivity index (χ1v) is 38.6. The molecule has 0 bridgehead atoms. The highest BCUT2D eigenvalue weighted by molar-refractivity contribution is 6.74. The Labute approximate surface area is 541 Å². The van der Waals surface area contributed by atoms with Gasteiger partial charge in [-0.2, -0.15) is 0 Å². The van der Waals surface area contributed by atoms with Crippen molar-refractivity contribution in [1.82, 2.24) is 0 Å². The molecule has 4 aromatic carbocycles. The van der Waals surface area contributed by atoms with Crippen molar-refractivity contribution in [3.8, 4) is 23.0 Å². The van der Waals surface area contributed by atoms with Crippen LogP contribution < -0.4 is 18.9 Å². The molecule has 14 heteroatoms. The zero-order valence-corrected chi connectivity index (χ0v) is 60.0. The number of unbranched alkanes of at least 4 members (excludes halogenated alkanes) is 8. The summed E-state index contributed by atoms with van der Waals surface area (Å²) in [6.45, 7) is 29.9. The van der Waals surface area contributed by atoms with E-state index in [1.54, 1.807) is 28.4 Å². The van der Waals surface area contributed by atoms with E-state index < -0.39 is 40.9 Å². The normalized spacial score (nSPS) is 14.8. The minimum absolute atomic E-state index is 0.000241. The summed E-state index contributed by atoms with van der Waals surface area (Å²) in [4.78, 5) is 15.1. The largest absolute Gasteiger partial charge is 0.497 e. The van der Waals surface area contributed by atoms with Crippen LogP contribution in [-0.4, -0.2) is 94.8 Å². The van der Waals surface area contributed by atoms with Crippen molar-refractivity contribution < 1.29 is 56.3 Å². The zero-order chi connectivity index (χ0) is 65.2. The maximum Gasteiger partial charge on any atom is 0.333 e. The van der Waals surface area contributed by atoms with Gasteiger partial charge in [0.1, 0.15) is 35.2 Å². The Morgan fingerprint density at radius 3 is 1.44 bits per heavy atom. The van der Waals surface area contributed by atoms with Crippen LogP contribution >= 0.6 is 0 Å². The van der Waals surface area contributed by atoms with Crippen molar-refractivity contribution >= 4 is 22.6 Å². The van der Waals surface area contributed by atoms with Gasteiger partial charge in [0.15, 0.2) is 22.7 Å². The van der Waals surface area contributed by atoms with Gasteiger partial charge in [0.2, 0.25) is 0 Å². The number of ether oxygens (including phenoxy) is 9. The van der Waals surface area contributed by atoms with Crippen LogP contribution in [0.5, 0.6) is 23.0 Å². The molecular weight excluding hydrogens is 1150 g/mol. The topological polar surface area (TPSA) is 119 Å². The number of allylic oxidation sites excluding steroid dienone is 2. The second kappa shape index (κ2) is 40.7. The van der Waals surface area contributed by atoms with Crippen LogP contribution in [0.3, 0.4) is 0 Å². The minimum atomic E-state index is -2.36. The Kier molecular flexibility index (Phi) is 35.0. The number of hydrogen-bond acceptors (Lipinski definition) is 12. The molecule has 0 N–H and O–H groups in total. The molecule has 0 saturated heterocycles. The van der Waals surface area contributed by atoms with Gasteiger partial charge in [0.05, 0.1) is 80.3 Å². The number of carbonyl (C=O) groups is 1. The highest BCUT2D eigenvalue weighted by atomic mass is 28.4. The lowest BCUT2D eigenvalue weighted by atomic mass is 9.94. The van der Waals surface area contributed by atoms with Gasteiger partial charge in [-0.15, -0.1) is 0 Å². The van der Waals surface area contributed by atoms with Crippen LogP contribution in [0.4, 0.5) is 0 Å². The first-order valence-electron chi connectivity index (χ1n) is 33.2. The van der Waals surface area contributed by atoms with Crippen LogP contribution in [0.1, 0.15) is 169 Å². The van der Waals surface area contributed by atoms with Gasteiger partial charge < -0.3 is 51.5 Å². The third-order valence-electron chi connectivity index (χ3n) is 17.8. The summed E-state index contributed by atoms with van der Waals surface area (Å²) in [7, 11) is 2.10. The second-order valence-corrected chi connectivity index (χ2v) is 35.2. The Balaban J connectivity index is 1.73. The van der Waals surface area contributed by atoms with Gasteiger partial charge in [0.25, 0.3) is 0 Å². The third kappa shape index (κ3) is 27.4. The summed E-state index contributed by atoms with van der Waals surface area (Å²) in [6, 6.07) is 34.4. The molecule has 0 saturated carbocycles. The lowest BCUT2D eigenvalue weighted by Crippen LogP contribution is -2.50. The predicted molar refractivity (Wildman–Crippen MR) is 369 cm³/mol. The fourth-order valence-corrected chi connectivity index (χ4v) is 14.6. The molecule has 0 aromatic heterocycles. The van der Waals surface area contributed by atoms with Gasteiger partial charge in [0, 0.05) is 11.5 Å². The summed E-state index contributed by atoms with van der Waals surface area (Å²) in [6.07, 6.45) is 17.3. The first-order chi connectivity index (χ1) is 42.6. The molecule has 496 valence electrons. The lowest BCUT2D eigenvalue weighted by Gasteiger charge is -2.39. The SMILES string of the molecule is CCCCCCCCCCC[C@H](C/C=C(C)/C=C(\C)[C@@H](O[Si](CC)(CC)CC)[C@H](C)/C=C(\C)C(=O)O[C@H](COCc1ccc(OC)cc1)[C@@H](OCc1ccc(OC)cc1)[C@@H](CO[Si](C)(C)C(C)(C)C)OCc1ccc(OC)cc1)OCc1ccc(OC)cc1. The summed E-state index contributed by atoms with van der Waals surface area (Å²) in [5, 5.41) is -0.0977. The van der Waals surface area contributed by atoms with Crippen molar-refractivity contribution in [3.05, 3.63) is 154 Å². The van der Waals surface area contributed by atoms with E-state index in [0.29, 0.717) is 12.2 Å². The van der Waals surface area contributed by atoms with E-state index >= 15 is 4.79 Å². The molecule has 6 atom stereocenters. The molecule has 0 unspecified atom stereocenters. The van der Waals surface area contributed by atoms with Crippen LogP contribution in [0.2, 0.25) is 36.3 Å². The number of methoxy groups -OCH3 is 4. The molecule has 0 fully saturated rings.